The second-order valence-electron chi connectivity index (χ2n) is 6.18. The van der Waals surface area contributed by atoms with E-state index in [1.807, 2.05) is 37.3 Å². The van der Waals surface area contributed by atoms with E-state index in [-0.39, 0.29) is 17.4 Å². The maximum atomic E-state index is 12.6. The minimum atomic E-state index is -0.133. The summed E-state index contributed by atoms with van der Waals surface area (Å²) < 4.78 is 5.97. The van der Waals surface area contributed by atoms with Crippen molar-refractivity contribution in [3.05, 3.63) is 53.6 Å². The summed E-state index contributed by atoms with van der Waals surface area (Å²) in [6, 6.07) is 12.9. The molecular weight excluding hydrogens is 408 g/mol. The number of benzene rings is 2. The maximum absolute atomic E-state index is 12.6. The fourth-order valence-corrected chi connectivity index (χ4v) is 4.22. The molecule has 0 aliphatic rings. The molecule has 1 heterocycles. The predicted octanol–water partition coefficient (Wildman–Crippen LogP) is 4.53. The number of nitrogens with zero attached hydrogens (tertiary/aromatic N) is 2. The minimum absolute atomic E-state index is 0.0248. The molecule has 150 valence electrons. The molecule has 3 aromatic rings. The summed E-state index contributed by atoms with van der Waals surface area (Å²) in [4.78, 5) is 23.8. The standard InChI is InChI=1S/C20H20N4O3S2/c1-12-7-8-18(27-3)16(9-12)17(26)11-28-20-24-23-19(29-20)22-15-6-4-5-14(10-15)21-13(2)25/h4-10H,11H2,1-3H3,(H,21,25)(H,22,23). The van der Waals surface area contributed by atoms with Crippen molar-refractivity contribution in [2.75, 3.05) is 23.5 Å². The highest BCUT2D eigenvalue weighted by Gasteiger charge is 2.15. The molecule has 0 saturated carbocycles. The average molecular weight is 429 g/mol. The van der Waals surface area contributed by atoms with Gasteiger partial charge in [0, 0.05) is 18.3 Å². The molecule has 0 spiro atoms. The number of methoxy groups -OCH3 is 1. The molecule has 2 aromatic carbocycles. The summed E-state index contributed by atoms with van der Waals surface area (Å²) >= 11 is 2.69. The molecule has 0 saturated heterocycles. The summed E-state index contributed by atoms with van der Waals surface area (Å²) in [5.74, 6) is 0.654. The van der Waals surface area contributed by atoms with Crippen molar-refractivity contribution in [2.45, 2.75) is 18.2 Å². The molecule has 1 aromatic heterocycles. The number of hydrogen-bond donors (Lipinski definition) is 2. The molecule has 2 N–H and O–H groups in total. The van der Waals surface area contributed by atoms with Crippen LogP contribution in [0.4, 0.5) is 16.5 Å². The molecule has 7 nitrogen and oxygen atoms in total. The summed E-state index contributed by atoms with van der Waals surface area (Å²) in [5.41, 5.74) is 3.05. The molecule has 9 heteroatoms. The third-order valence-corrected chi connectivity index (χ3v) is 5.79. The number of hydrogen-bond acceptors (Lipinski definition) is 8. The molecule has 0 fully saturated rings. The molecule has 0 bridgehead atoms. The van der Waals surface area contributed by atoms with Crippen molar-refractivity contribution in [1.29, 1.82) is 0 Å². The van der Waals surface area contributed by atoms with Gasteiger partial charge in [-0.3, -0.25) is 9.59 Å². The molecule has 3 rings (SSSR count). The van der Waals surface area contributed by atoms with Crippen LogP contribution in [0.1, 0.15) is 22.8 Å². The number of aryl methyl sites for hydroxylation is 1. The Morgan fingerprint density at radius 1 is 1.14 bits per heavy atom. The minimum Gasteiger partial charge on any atom is -0.496 e. The van der Waals surface area contributed by atoms with Gasteiger partial charge in [-0.1, -0.05) is 40.8 Å². The Labute approximate surface area is 176 Å². The third kappa shape index (κ3) is 5.78. The maximum Gasteiger partial charge on any atom is 0.221 e. The highest BCUT2D eigenvalue weighted by Crippen LogP contribution is 2.30. The van der Waals surface area contributed by atoms with E-state index in [2.05, 4.69) is 20.8 Å². The average Bonchev–Trinajstić information content (AvgIpc) is 3.13. The normalized spacial score (nSPS) is 10.4. The Hall–Kier alpha value is -2.91. The highest BCUT2D eigenvalue weighted by atomic mass is 32.2. The van der Waals surface area contributed by atoms with Crippen molar-refractivity contribution in [3.8, 4) is 5.75 Å². The van der Waals surface area contributed by atoms with Gasteiger partial charge in [0.1, 0.15) is 5.75 Å². The summed E-state index contributed by atoms with van der Waals surface area (Å²) in [6.07, 6.45) is 0. The summed E-state index contributed by atoms with van der Waals surface area (Å²) in [7, 11) is 1.55. The first-order chi connectivity index (χ1) is 13.9. The quantitative estimate of drug-likeness (QED) is 0.402. The van der Waals surface area contributed by atoms with Crippen LogP contribution < -0.4 is 15.4 Å². The second kappa shape index (κ2) is 9.53. The van der Waals surface area contributed by atoms with Crippen LogP contribution in [0.25, 0.3) is 0 Å². The number of ether oxygens (including phenoxy) is 1. The van der Waals surface area contributed by atoms with Crippen LogP contribution in [-0.4, -0.2) is 34.8 Å². The van der Waals surface area contributed by atoms with E-state index in [1.165, 1.54) is 30.0 Å². The van der Waals surface area contributed by atoms with Gasteiger partial charge in [0.2, 0.25) is 11.0 Å². The van der Waals surface area contributed by atoms with Crippen LogP contribution in [0.5, 0.6) is 5.75 Å². The lowest BCUT2D eigenvalue weighted by Gasteiger charge is -2.07. The molecule has 0 unspecified atom stereocenters. The first-order valence-electron chi connectivity index (χ1n) is 8.73. The van der Waals surface area contributed by atoms with Gasteiger partial charge in [-0.15, -0.1) is 10.2 Å². The number of amides is 1. The van der Waals surface area contributed by atoms with E-state index in [1.54, 1.807) is 19.2 Å². The van der Waals surface area contributed by atoms with Gasteiger partial charge >= 0.3 is 0 Å². The number of nitrogens with one attached hydrogen (secondary N) is 2. The molecular formula is C20H20N4O3S2. The molecule has 0 atom stereocenters. The lowest BCUT2D eigenvalue weighted by Crippen LogP contribution is -2.05. The van der Waals surface area contributed by atoms with E-state index in [0.29, 0.717) is 26.5 Å². The monoisotopic (exact) mass is 428 g/mol. The van der Waals surface area contributed by atoms with Crippen molar-refractivity contribution in [2.24, 2.45) is 0 Å². The number of anilines is 3. The fraction of sp³-hybridized carbons (Fsp3) is 0.200. The molecule has 0 aliphatic carbocycles. The SMILES string of the molecule is COc1ccc(C)cc1C(=O)CSc1nnc(Nc2cccc(NC(C)=O)c2)s1. The third-order valence-electron chi connectivity index (χ3n) is 3.82. The highest BCUT2D eigenvalue weighted by molar-refractivity contribution is 8.01. The van der Waals surface area contributed by atoms with Crippen LogP contribution in [0.2, 0.25) is 0 Å². The number of aromatic nitrogens is 2. The first kappa shape index (κ1) is 20.8. The molecule has 0 aliphatic heterocycles. The van der Waals surface area contributed by atoms with Gasteiger partial charge < -0.3 is 15.4 Å². The van der Waals surface area contributed by atoms with Crippen LogP contribution in [0.3, 0.4) is 0 Å². The Kier molecular flexibility index (Phi) is 6.84. The van der Waals surface area contributed by atoms with Gasteiger partial charge in [-0.25, -0.2) is 0 Å². The Bertz CT molecular complexity index is 1040. The van der Waals surface area contributed by atoms with Crippen LogP contribution >= 0.6 is 23.1 Å². The summed E-state index contributed by atoms with van der Waals surface area (Å²) in [5, 5.41) is 14.7. The van der Waals surface area contributed by atoms with E-state index < -0.39 is 0 Å². The Balaban J connectivity index is 1.62. The van der Waals surface area contributed by atoms with Crippen molar-refractivity contribution >= 4 is 51.3 Å². The number of carbonyl (C=O) groups is 2. The summed E-state index contributed by atoms with van der Waals surface area (Å²) in [6.45, 7) is 3.40. The molecule has 29 heavy (non-hydrogen) atoms. The smallest absolute Gasteiger partial charge is 0.221 e. The fourth-order valence-electron chi connectivity index (χ4n) is 2.56. The molecule has 0 radical (unpaired) electrons. The van der Waals surface area contributed by atoms with Gasteiger partial charge in [-0.05, 0) is 37.3 Å². The number of carbonyl (C=O) groups excluding carboxylic acids is 2. The van der Waals surface area contributed by atoms with E-state index in [4.69, 9.17) is 4.74 Å². The first-order valence-corrected chi connectivity index (χ1v) is 10.5. The van der Waals surface area contributed by atoms with Gasteiger partial charge in [-0.2, -0.15) is 0 Å². The van der Waals surface area contributed by atoms with Crippen LogP contribution in [-0.2, 0) is 4.79 Å². The van der Waals surface area contributed by atoms with Crippen LogP contribution in [0.15, 0.2) is 46.8 Å². The lowest BCUT2D eigenvalue weighted by molar-refractivity contribution is -0.114. The van der Waals surface area contributed by atoms with Crippen LogP contribution in [0, 0.1) is 6.92 Å². The van der Waals surface area contributed by atoms with Crippen molar-refractivity contribution < 1.29 is 14.3 Å². The van der Waals surface area contributed by atoms with E-state index in [0.717, 1.165) is 11.3 Å². The number of thioether (sulfide) groups is 1. The topological polar surface area (TPSA) is 93.2 Å². The predicted molar refractivity (Wildman–Crippen MR) is 117 cm³/mol. The van der Waals surface area contributed by atoms with E-state index in [9.17, 15) is 9.59 Å². The van der Waals surface area contributed by atoms with Gasteiger partial charge in [0.15, 0.2) is 10.1 Å². The largest absolute Gasteiger partial charge is 0.496 e. The van der Waals surface area contributed by atoms with E-state index >= 15 is 0 Å². The number of rotatable bonds is 8. The second-order valence-corrected chi connectivity index (χ2v) is 8.38. The van der Waals surface area contributed by atoms with Gasteiger partial charge in [0.05, 0.1) is 18.4 Å². The Morgan fingerprint density at radius 2 is 1.93 bits per heavy atom. The number of ketones is 1. The number of Topliss-reactive ketones (excluding diaryl/α,β-unsaturated/α-hetero) is 1. The zero-order chi connectivity index (χ0) is 20.8. The molecule has 1 amide bonds. The van der Waals surface area contributed by atoms with Crippen molar-refractivity contribution in [3.63, 3.8) is 0 Å². The van der Waals surface area contributed by atoms with Crippen molar-refractivity contribution in [1.82, 2.24) is 10.2 Å². The zero-order valence-electron chi connectivity index (χ0n) is 16.2. The Morgan fingerprint density at radius 3 is 2.69 bits per heavy atom. The zero-order valence-corrected chi connectivity index (χ0v) is 17.8. The lowest BCUT2D eigenvalue weighted by atomic mass is 10.1. The van der Waals surface area contributed by atoms with Gasteiger partial charge in [0.25, 0.3) is 0 Å².